The summed E-state index contributed by atoms with van der Waals surface area (Å²) in [5.41, 5.74) is 12.5. The van der Waals surface area contributed by atoms with Gasteiger partial charge in [0.2, 0.25) is 0 Å². The smallest absolute Gasteiger partial charge is 0.744 e. The van der Waals surface area contributed by atoms with Gasteiger partial charge in [-0.2, -0.15) is 32.2 Å². The maximum Gasteiger partial charge on any atom is 1.00 e. The fourth-order valence-electron chi connectivity index (χ4n) is 6.09. The van der Waals surface area contributed by atoms with Crippen LogP contribution in [0.15, 0.2) is 161 Å². The van der Waals surface area contributed by atoms with Crippen LogP contribution in [-0.2, 0) is 30.4 Å². The number of benzene rings is 7. The molecule has 7 rings (SSSR count). The number of phenolic OH excluding ortho intramolecular Hbond substituents is 1. The summed E-state index contributed by atoms with van der Waals surface area (Å²) in [5.74, 6) is -0.969. The maximum absolute atomic E-state index is 12.5. The molecule has 0 amide bonds. The van der Waals surface area contributed by atoms with E-state index in [0.29, 0.717) is 27.7 Å². The fourth-order valence-corrected chi connectivity index (χ4v) is 7.92. The van der Waals surface area contributed by atoms with E-state index in [2.05, 4.69) is 30.7 Å². The molecule has 0 unspecified atom stereocenters. The van der Waals surface area contributed by atoms with E-state index in [1.54, 1.807) is 42.5 Å². The van der Waals surface area contributed by atoms with Crippen molar-refractivity contribution in [1.29, 1.82) is 0 Å². The van der Waals surface area contributed by atoms with Crippen molar-refractivity contribution < 1.29 is 78.5 Å². The van der Waals surface area contributed by atoms with Crippen LogP contribution in [0.3, 0.4) is 0 Å². The van der Waals surface area contributed by atoms with Gasteiger partial charge in [0.1, 0.15) is 31.3 Å². The van der Waals surface area contributed by atoms with Gasteiger partial charge < -0.3 is 21.1 Å². The second kappa shape index (κ2) is 17.6. The fraction of sp³-hybridized carbons (Fsp3) is 0. The monoisotopic (exact) mass is 919 g/mol. The average molecular weight is 920 g/mol. The number of nitro benzene ring substituents is 1. The van der Waals surface area contributed by atoms with Crippen LogP contribution in [-0.4, -0.2) is 48.9 Å². The molecule has 21 nitrogen and oxygen atoms in total. The van der Waals surface area contributed by atoms with Gasteiger partial charge in [-0.15, -0.1) is 15.3 Å². The van der Waals surface area contributed by atoms with Crippen LogP contribution >= 0.6 is 0 Å². The van der Waals surface area contributed by atoms with Gasteiger partial charge in [0, 0.05) is 28.6 Å². The van der Waals surface area contributed by atoms with Gasteiger partial charge in [-0.3, -0.25) is 19.2 Å². The van der Waals surface area contributed by atoms with Crippen LogP contribution in [0.1, 0.15) is 0 Å². The second-order valence-electron chi connectivity index (χ2n) is 13.1. The molecule has 0 aliphatic carbocycles. The van der Waals surface area contributed by atoms with Crippen molar-refractivity contribution in [1.82, 2.24) is 0 Å². The van der Waals surface area contributed by atoms with E-state index in [1.165, 1.54) is 42.5 Å². The van der Waals surface area contributed by atoms with Crippen molar-refractivity contribution in [2.24, 2.45) is 30.7 Å². The van der Waals surface area contributed by atoms with Gasteiger partial charge in [0.05, 0.1) is 43.6 Å². The molecular formula is C38H26N9NaO12S3. The van der Waals surface area contributed by atoms with Crippen molar-refractivity contribution in [3.05, 3.63) is 125 Å². The van der Waals surface area contributed by atoms with E-state index >= 15 is 0 Å². The molecule has 0 saturated carbocycles. The van der Waals surface area contributed by atoms with Gasteiger partial charge in [0.15, 0.2) is 5.75 Å². The van der Waals surface area contributed by atoms with Crippen molar-refractivity contribution in [2.75, 3.05) is 11.5 Å². The van der Waals surface area contributed by atoms with Crippen LogP contribution < -0.4 is 41.0 Å². The molecule has 0 aromatic heterocycles. The van der Waals surface area contributed by atoms with E-state index in [-0.39, 0.29) is 57.7 Å². The number of hydrogen-bond donors (Lipinski definition) is 5. The molecule has 63 heavy (non-hydrogen) atoms. The number of nitrogens with two attached hydrogens (primary N) is 2. The van der Waals surface area contributed by atoms with Crippen molar-refractivity contribution >= 4 is 103 Å². The van der Waals surface area contributed by atoms with Crippen molar-refractivity contribution in [3.8, 4) is 16.9 Å². The minimum absolute atomic E-state index is 0. The van der Waals surface area contributed by atoms with Crippen molar-refractivity contribution in [2.45, 2.75) is 14.7 Å². The van der Waals surface area contributed by atoms with Crippen LogP contribution in [0.25, 0.3) is 32.7 Å². The third-order valence-corrected chi connectivity index (χ3v) is 11.7. The zero-order valence-corrected chi connectivity index (χ0v) is 36.4. The number of hydrogen-bond acceptors (Lipinski definition) is 18. The Labute approximate surface area is 378 Å². The summed E-state index contributed by atoms with van der Waals surface area (Å²) in [5, 5.41) is 46.3. The molecule has 7 N–H and O–H groups in total. The van der Waals surface area contributed by atoms with Crippen LogP contribution in [0.2, 0.25) is 0 Å². The van der Waals surface area contributed by atoms with E-state index < -0.39 is 78.2 Å². The molecule has 0 saturated heterocycles. The zero-order valence-electron chi connectivity index (χ0n) is 32.0. The average Bonchev–Trinajstić information content (AvgIpc) is 3.22. The molecule has 0 atom stereocenters. The van der Waals surface area contributed by atoms with E-state index in [4.69, 9.17) is 11.5 Å². The van der Waals surface area contributed by atoms with E-state index in [1.807, 2.05) is 0 Å². The van der Waals surface area contributed by atoms with Gasteiger partial charge in [-0.25, -0.2) is 8.42 Å². The molecule has 0 radical (unpaired) electrons. The largest absolute Gasteiger partial charge is 1.00 e. The van der Waals surface area contributed by atoms with Gasteiger partial charge in [0.25, 0.3) is 25.9 Å². The van der Waals surface area contributed by atoms with Crippen molar-refractivity contribution in [3.63, 3.8) is 0 Å². The number of nitro groups is 1. The first-order chi connectivity index (χ1) is 29.2. The third kappa shape index (κ3) is 9.88. The molecule has 0 bridgehead atoms. The molecule has 314 valence electrons. The summed E-state index contributed by atoms with van der Waals surface area (Å²) >= 11 is 0. The Balaban J connectivity index is 0.00000661. The summed E-state index contributed by atoms with van der Waals surface area (Å²) < 4.78 is 105. The molecule has 0 spiro atoms. The third-order valence-electron chi connectivity index (χ3n) is 9.09. The second-order valence-corrected chi connectivity index (χ2v) is 17.2. The Morgan fingerprint density at radius 2 is 1.05 bits per heavy atom. The van der Waals surface area contributed by atoms with E-state index in [0.717, 1.165) is 35.9 Å². The summed E-state index contributed by atoms with van der Waals surface area (Å²) in [6.45, 7) is 0. The Morgan fingerprint density at radius 1 is 0.571 bits per heavy atom. The van der Waals surface area contributed by atoms with Crippen LogP contribution in [0.5, 0.6) is 5.75 Å². The van der Waals surface area contributed by atoms with Gasteiger partial charge >= 0.3 is 29.6 Å². The molecule has 0 fully saturated rings. The Kier molecular flexibility index (Phi) is 12.9. The van der Waals surface area contributed by atoms with Gasteiger partial charge in [-0.1, -0.05) is 30.3 Å². The zero-order chi connectivity index (χ0) is 44.7. The summed E-state index contributed by atoms with van der Waals surface area (Å²) in [4.78, 5) is 7.94. The Morgan fingerprint density at radius 3 is 1.54 bits per heavy atom. The minimum atomic E-state index is -5.17. The number of fused-ring (bicyclic) bond motifs is 2. The number of aromatic hydroxyl groups is 1. The first-order valence-corrected chi connectivity index (χ1v) is 21.5. The standard InChI is InChI=1S/C38H27N9O12S3.Na/c39-30-15-16-31(29-19-27(60(51,52)53)13-14-28(29)30)44-41-23-5-1-20(2-6-23)21-3-7-24(8-4-21)43-46-37-33(62(57,58)59)18-22-17-32(61(54,55)56)36(35(40)34(22)38(37)48)45-42-25-9-11-26(12-10-25)47(49)50;/h1-19,48H,39-40H2,(H,51,52,53)(H,54,55,56)(H,57,58,59);/q;+1/p-1. The summed E-state index contributed by atoms with van der Waals surface area (Å²) in [7, 11) is -15.0. The molecule has 25 heteroatoms. The number of non-ortho nitro benzene ring substituents is 1. The predicted molar refractivity (Wildman–Crippen MR) is 223 cm³/mol. The number of anilines is 2. The molecule has 7 aromatic carbocycles. The number of phenols is 1. The first-order valence-electron chi connectivity index (χ1n) is 17.2. The predicted octanol–water partition coefficient (Wildman–Crippen LogP) is 6.09. The number of nitrogens with zero attached hydrogens (tertiary/aromatic N) is 7. The van der Waals surface area contributed by atoms with Gasteiger partial charge in [-0.05, 0) is 89.3 Å². The molecule has 0 heterocycles. The summed E-state index contributed by atoms with van der Waals surface area (Å²) in [6, 6.07) is 26.0. The quantitative estimate of drug-likeness (QED) is 0.0245. The SMILES string of the molecule is Nc1ccc(N=Nc2ccc(-c3ccc(N=Nc4c(S(=O)(=O)O)cc5cc(S(=O)(=O)O)c(N=Nc6ccc([N+](=O)[O-])cc6)c(N)c5c4O)cc3)cc2)c2cc(S(=O)(=O)[O-])ccc12.[Na+]. The molecule has 0 aliphatic rings. The molecule has 7 aromatic rings. The van der Waals surface area contributed by atoms with Crippen LogP contribution in [0, 0.1) is 10.1 Å². The Hall–Kier alpha value is -6.61. The number of rotatable bonds is 11. The minimum Gasteiger partial charge on any atom is -0.744 e. The topological polar surface area (TPSA) is 356 Å². The first kappa shape index (κ1) is 45.9. The normalized spacial score (nSPS) is 12.4. The number of nitrogen functional groups attached to an aromatic ring is 2. The molecular weight excluding hydrogens is 894 g/mol. The summed E-state index contributed by atoms with van der Waals surface area (Å²) in [6.07, 6.45) is 0. The van der Waals surface area contributed by atoms with Crippen LogP contribution in [0.4, 0.5) is 51.2 Å². The molecule has 0 aliphatic heterocycles. The maximum atomic E-state index is 12.5. The Bertz CT molecular complexity index is 3430. The number of azo groups is 3. The van der Waals surface area contributed by atoms with E-state index in [9.17, 15) is 54.1 Å².